The lowest BCUT2D eigenvalue weighted by Gasteiger charge is -2.35. The summed E-state index contributed by atoms with van der Waals surface area (Å²) < 4.78 is 5.57. The summed E-state index contributed by atoms with van der Waals surface area (Å²) in [5.74, 6) is 0.0892. The minimum absolute atomic E-state index is 0. The van der Waals surface area contributed by atoms with Crippen LogP contribution in [-0.4, -0.2) is 27.3 Å². The number of nitrogens with zero attached hydrogens (tertiary/aromatic N) is 2. The Labute approximate surface area is 220 Å². The molecule has 3 aromatic carbocycles. The molecule has 0 amide bonds. The molecule has 184 valence electrons. The van der Waals surface area contributed by atoms with Gasteiger partial charge in [0.05, 0.1) is 5.92 Å². The zero-order chi connectivity index (χ0) is 23.9. The number of hydrogen-bond acceptors (Lipinski definition) is 5. The number of halogens is 2. The highest BCUT2D eigenvalue weighted by molar-refractivity contribution is 6.33. The number of aromatic nitrogens is 2. The summed E-state index contributed by atoms with van der Waals surface area (Å²) in [6.07, 6.45) is 3.40. The van der Waals surface area contributed by atoms with Crippen molar-refractivity contribution < 1.29 is 14.4 Å². The summed E-state index contributed by atoms with van der Waals surface area (Å²) in [4.78, 5) is 15.7. The molecule has 0 saturated heterocycles. The molecule has 0 aliphatic heterocycles. The van der Waals surface area contributed by atoms with Crippen LogP contribution in [0.1, 0.15) is 36.4 Å². The molecule has 36 heavy (non-hydrogen) atoms. The molecule has 1 fully saturated rings. The highest BCUT2D eigenvalue weighted by atomic mass is 35.5. The van der Waals surface area contributed by atoms with E-state index in [0.29, 0.717) is 29.6 Å². The van der Waals surface area contributed by atoms with Crippen molar-refractivity contribution in [3.05, 3.63) is 82.9 Å². The summed E-state index contributed by atoms with van der Waals surface area (Å²) in [6.45, 7) is 0. The van der Waals surface area contributed by atoms with E-state index in [2.05, 4.69) is 27.6 Å². The summed E-state index contributed by atoms with van der Waals surface area (Å²) in [5.41, 5.74) is 6.26. The first-order chi connectivity index (χ1) is 17.0. The number of aryl methyl sites for hydroxylation is 1. The molecule has 0 bridgehead atoms. The van der Waals surface area contributed by atoms with E-state index >= 15 is 0 Å². The van der Waals surface area contributed by atoms with E-state index < -0.39 is 5.97 Å². The lowest BCUT2D eigenvalue weighted by Crippen LogP contribution is -2.45. The summed E-state index contributed by atoms with van der Waals surface area (Å²) >= 11 is 6.56. The zero-order valence-corrected chi connectivity index (χ0v) is 20.9. The van der Waals surface area contributed by atoms with E-state index in [1.54, 1.807) is 0 Å². The van der Waals surface area contributed by atoms with E-state index in [9.17, 15) is 4.79 Å². The molecule has 0 spiro atoms. The molecule has 2 N–H and O–H groups in total. The van der Waals surface area contributed by atoms with Crippen molar-refractivity contribution in [3.63, 3.8) is 0 Å². The molecule has 1 atom stereocenters. The van der Waals surface area contributed by atoms with Gasteiger partial charge in [-0.2, -0.15) is 4.98 Å². The monoisotopic (exact) mass is 521 g/mol. The molecule has 6 rings (SSSR count). The van der Waals surface area contributed by atoms with Crippen molar-refractivity contribution in [1.82, 2.24) is 15.5 Å². The smallest absolute Gasteiger partial charge is 0.306 e. The van der Waals surface area contributed by atoms with Gasteiger partial charge in [0.2, 0.25) is 5.82 Å². The topological polar surface area (TPSA) is 88.2 Å². The number of rotatable bonds is 6. The lowest BCUT2D eigenvalue weighted by molar-refractivity contribution is -0.145. The Bertz CT molecular complexity index is 1400. The maximum absolute atomic E-state index is 11.1. The number of fused-ring (bicyclic) bond motifs is 1. The minimum Gasteiger partial charge on any atom is -0.481 e. The van der Waals surface area contributed by atoms with Gasteiger partial charge in [-0.05, 0) is 60.6 Å². The first kappa shape index (κ1) is 24.5. The van der Waals surface area contributed by atoms with Gasteiger partial charge in [0.15, 0.2) is 0 Å². The van der Waals surface area contributed by atoms with Gasteiger partial charge in [-0.1, -0.05) is 65.3 Å². The number of benzene rings is 3. The van der Waals surface area contributed by atoms with Crippen LogP contribution in [0.3, 0.4) is 0 Å². The van der Waals surface area contributed by atoms with Crippen molar-refractivity contribution >= 4 is 30.0 Å². The predicted molar refractivity (Wildman–Crippen MR) is 141 cm³/mol. The number of carbonyl (C=O) groups is 1. The number of aliphatic carboxylic acids is 1. The summed E-state index contributed by atoms with van der Waals surface area (Å²) in [6, 6.07) is 22.6. The Morgan fingerprint density at radius 1 is 1.00 bits per heavy atom. The van der Waals surface area contributed by atoms with Crippen LogP contribution >= 0.6 is 24.0 Å². The Balaban J connectivity index is 0.00000267. The number of carboxylic acid groups (broad SMARTS) is 1. The maximum Gasteiger partial charge on any atom is 0.306 e. The van der Waals surface area contributed by atoms with Gasteiger partial charge in [-0.3, -0.25) is 4.79 Å². The average Bonchev–Trinajstić information content (AvgIpc) is 3.48. The SMILES string of the molecule is Cl.O=C(O)C1CC(NC2CCc3cc(-c4noc(-c5ccc(-c6ccccc6)c(Cl)c5)n4)ccc32)C1. The molecule has 0 radical (unpaired) electrons. The first-order valence-corrected chi connectivity index (χ1v) is 12.2. The van der Waals surface area contributed by atoms with Gasteiger partial charge >= 0.3 is 5.97 Å². The van der Waals surface area contributed by atoms with Crippen LogP contribution in [-0.2, 0) is 11.2 Å². The van der Waals surface area contributed by atoms with E-state index in [-0.39, 0.29) is 30.4 Å². The standard InChI is InChI=1S/C28H24ClN3O3.ClH/c29-24-15-19(7-9-22(24)16-4-2-1-3-5-16)27-31-26(32-35-27)18-6-10-23-17(12-18)8-11-25(23)30-21-13-20(14-21)28(33)34;/h1-7,9-10,12,15,20-21,25,30H,8,11,13-14H2,(H,33,34);1H. The third kappa shape index (κ3) is 4.64. The molecule has 4 aromatic rings. The van der Waals surface area contributed by atoms with Crippen LogP contribution in [0.5, 0.6) is 0 Å². The summed E-state index contributed by atoms with van der Waals surface area (Å²) in [7, 11) is 0. The van der Waals surface area contributed by atoms with E-state index in [1.807, 2.05) is 54.6 Å². The molecule has 1 saturated carbocycles. The minimum atomic E-state index is -0.687. The van der Waals surface area contributed by atoms with Crippen molar-refractivity contribution in [2.75, 3.05) is 0 Å². The Morgan fingerprint density at radius 3 is 2.53 bits per heavy atom. The predicted octanol–water partition coefficient (Wildman–Crippen LogP) is 6.59. The van der Waals surface area contributed by atoms with Gasteiger partial charge in [-0.15, -0.1) is 12.4 Å². The molecule has 1 heterocycles. The van der Waals surface area contributed by atoms with Crippen LogP contribution in [0.2, 0.25) is 5.02 Å². The molecule has 1 unspecified atom stereocenters. The van der Waals surface area contributed by atoms with Gasteiger partial charge < -0.3 is 14.9 Å². The van der Waals surface area contributed by atoms with Gasteiger partial charge in [0.25, 0.3) is 5.89 Å². The second-order valence-corrected chi connectivity index (χ2v) is 9.77. The summed E-state index contributed by atoms with van der Waals surface area (Å²) in [5, 5.41) is 17.6. The number of nitrogens with one attached hydrogen (secondary N) is 1. The molecular weight excluding hydrogens is 497 g/mol. The second-order valence-electron chi connectivity index (χ2n) is 9.36. The van der Waals surface area contributed by atoms with Gasteiger partial charge in [-0.25, -0.2) is 0 Å². The number of carboxylic acids is 1. The van der Waals surface area contributed by atoms with E-state index in [1.165, 1.54) is 11.1 Å². The van der Waals surface area contributed by atoms with Crippen molar-refractivity contribution in [1.29, 1.82) is 0 Å². The van der Waals surface area contributed by atoms with Crippen LogP contribution in [0.15, 0.2) is 71.3 Å². The average molecular weight is 522 g/mol. The van der Waals surface area contributed by atoms with Crippen molar-refractivity contribution in [2.24, 2.45) is 5.92 Å². The van der Waals surface area contributed by atoms with Crippen molar-refractivity contribution in [2.45, 2.75) is 37.8 Å². The fourth-order valence-electron chi connectivity index (χ4n) is 5.13. The normalized spacial score (nSPS) is 20.3. The second kappa shape index (κ2) is 10.1. The largest absolute Gasteiger partial charge is 0.481 e. The highest BCUT2D eigenvalue weighted by Gasteiger charge is 2.36. The lowest BCUT2D eigenvalue weighted by atomic mass is 9.80. The van der Waals surface area contributed by atoms with Crippen molar-refractivity contribution in [3.8, 4) is 34.0 Å². The maximum atomic E-state index is 11.1. The fraction of sp³-hybridized carbons (Fsp3) is 0.250. The third-order valence-corrected chi connectivity index (χ3v) is 7.44. The van der Waals surface area contributed by atoms with Crippen LogP contribution in [0.4, 0.5) is 0 Å². The quantitative estimate of drug-likeness (QED) is 0.297. The van der Waals surface area contributed by atoms with Crippen LogP contribution in [0, 0.1) is 5.92 Å². The Kier molecular flexibility index (Phi) is 6.84. The zero-order valence-electron chi connectivity index (χ0n) is 19.4. The van der Waals surface area contributed by atoms with Crippen LogP contribution < -0.4 is 5.32 Å². The van der Waals surface area contributed by atoms with E-state index in [0.717, 1.165) is 35.1 Å². The molecule has 1 aromatic heterocycles. The highest BCUT2D eigenvalue weighted by Crippen LogP contribution is 2.38. The molecule has 2 aliphatic rings. The molecule has 6 nitrogen and oxygen atoms in total. The third-order valence-electron chi connectivity index (χ3n) is 7.13. The Hall–Kier alpha value is -3.19. The number of hydrogen-bond donors (Lipinski definition) is 2. The van der Waals surface area contributed by atoms with Gasteiger partial charge in [0, 0.05) is 33.8 Å². The van der Waals surface area contributed by atoms with Crippen LogP contribution in [0.25, 0.3) is 34.0 Å². The first-order valence-electron chi connectivity index (χ1n) is 11.9. The van der Waals surface area contributed by atoms with E-state index in [4.69, 9.17) is 21.2 Å². The molecule has 2 aliphatic carbocycles. The molecule has 8 heteroatoms. The van der Waals surface area contributed by atoms with Gasteiger partial charge in [0.1, 0.15) is 0 Å². The Morgan fingerprint density at radius 2 is 1.78 bits per heavy atom. The fourth-order valence-corrected chi connectivity index (χ4v) is 5.42. The molecular formula is C28H25Cl2N3O3.